The van der Waals surface area contributed by atoms with E-state index in [1.165, 1.54) is 13.0 Å². The van der Waals surface area contributed by atoms with E-state index in [0.29, 0.717) is 0 Å². The number of carboxylic acids is 1. The Morgan fingerprint density at radius 1 is 1.35 bits per heavy atom. The van der Waals surface area contributed by atoms with Crippen LogP contribution >= 0.6 is 0 Å². The first-order valence-electron chi connectivity index (χ1n) is 6.93. The van der Waals surface area contributed by atoms with Crippen molar-refractivity contribution in [3.63, 3.8) is 0 Å². The summed E-state index contributed by atoms with van der Waals surface area (Å²) in [6, 6.07) is 2.10. The molecule has 4 N–H and O–H groups in total. The Kier molecular flexibility index (Phi) is 5.78. The number of carbonyl (C=O) groups is 2. The van der Waals surface area contributed by atoms with Crippen molar-refractivity contribution in [3.8, 4) is 5.75 Å². The van der Waals surface area contributed by atoms with Gasteiger partial charge in [0.1, 0.15) is 23.3 Å². The monoisotopic (exact) mass is 328 g/mol. The quantitative estimate of drug-likeness (QED) is 0.714. The molecule has 7 nitrogen and oxygen atoms in total. The molecular formula is C15H21FN2O5. The molecule has 0 aliphatic rings. The third-order valence-corrected chi connectivity index (χ3v) is 2.70. The summed E-state index contributed by atoms with van der Waals surface area (Å²) < 4.78 is 23.6. The Labute approximate surface area is 133 Å². The fourth-order valence-corrected chi connectivity index (χ4v) is 1.69. The van der Waals surface area contributed by atoms with E-state index >= 15 is 0 Å². The SMILES string of the molecule is C[C@H](Oc1cc(F)ccc1N)[C@@H](NC(=O)OC(C)(C)C)C(=O)O. The molecule has 0 fully saturated rings. The van der Waals surface area contributed by atoms with Crippen LogP contribution in [0.25, 0.3) is 0 Å². The molecule has 0 aliphatic carbocycles. The molecule has 0 saturated heterocycles. The molecule has 0 spiro atoms. The lowest BCUT2D eigenvalue weighted by atomic mass is 10.1. The van der Waals surface area contributed by atoms with Crippen molar-refractivity contribution in [1.29, 1.82) is 0 Å². The molecule has 0 heterocycles. The second-order valence-electron chi connectivity index (χ2n) is 5.97. The highest BCUT2D eigenvalue weighted by Crippen LogP contribution is 2.24. The van der Waals surface area contributed by atoms with E-state index in [1.54, 1.807) is 20.8 Å². The van der Waals surface area contributed by atoms with Crippen LogP contribution in [0.3, 0.4) is 0 Å². The maximum absolute atomic E-state index is 13.2. The van der Waals surface area contributed by atoms with Crippen molar-refractivity contribution in [3.05, 3.63) is 24.0 Å². The first-order valence-corrected chi connectivity index (χ1v) is 6.93. The summed E-state index contributed by atoms with van der Waals surface area (Å²) in [5.41, 5.74) is 5.03. The van der Waals surface area contributed by atoms with Crippen LogP contribution < -0.4 is 15.8 Å². The first-order chi connectivity index (χ1) is 10.5. The molecular weight excluding hydrogens is 307 g/mol. The van der Waals surface area contributed by atoms with Gasteiger partial charge in [0.15, 0.2) is 6.04 Å². The predicted molar refractivity (Wildman–Crippen MR) is 81.7 cm³/mol. The predicted octanol–water partition coefficient (Wildman–Crippen LogP) is 2.15. The number of aliphatic carboxylic acids is 1. The van der Waals surface area contributed by atoms with Gasteiger partial charge in [-0.3, -0.25) is 0 Å². The molecule has 128 valence electrons. The van der Waals surface area contributed by atoms with Crippen molar-refractivity contribution < 1.29 is 28.6 Å². The fraction of sp³-hybridized carbons (Fsp3) is 0.467. The number of halogens is 1. The van der Waals surface area contributed by atoms with Crippen LogP contribution in [0.5, 0.6) is 5.75 Å². The van der Waals surface area contributed by atoms with Gasteiger partial charge in [0.2, 0.25) is 0 Å². The number of nitrogens with one attached hydrogen (secondary N) is 1. The van der Waals surface area contributed by atoms with Gasteiger partial charge in [-0.1, -0.05) is 0 Å². The number of amides is 1. The first kappa shape index (κ1) is 18.5. The van der Waals surface area contributed by atoms with Crippen molar-refractivity contribution in [1.82, 2.24) is 5.32 Å². The highest BCUT2D eigenvalue weighted by molar-refractivity contribution is 5.80. The number of nitrogen functional groups attached to an aromatic ring is 1. The van der Waals surface area contributed by atoms with Gasteiger partial charge < -0.3 is 25.6 Å². The molecule has 0 aliphatic heterocycles. The zero-order valence-corrected chi connectivity index (χ0v) is 13.4. The van der Waals surface area contributed by atoms with Gasteiger partial charge in [0, 0.05) is 6.07 Å². The van der Waals surface area contributed by atoms with E-state index in [4.69, 9.17) is 15.2 Å². The molecule has 1 rings (SSSR count). The third kappa shape index (κ3) is 6.01. The number of carbonyl (C=O) groups excluding carboxylic acids is 1. The molecule has 1 amide bonds. The smallest absolute Gasteiger partial charge is 0.408 e. The van der Waals surface area contributed by atoms with Crippen molar-refractivity contribution in [2.45, 2.75) is 45.4 Å². The van der Waals surface area contributed by atoms with Crippen LogP contribution in [0.4, 0.5) is 14.9 Å². The normalized spacial score (nSPS) is 13.8. The molecule has 2 atom stereocenters. The second-order valence-corrected chi connectivity index (χ2v) is 5.97. The molecule has 1 aromatic carbocycles. The lowest BCUT2D eigenvalue weighted by molar-refractivity contribution is -0.141. The van der Waals surface area contributed by atoms with Crippen molar-refractivity contribution in [2.75, 3.05) is 5.73 Å². The van der Waals surface area contributed by atoms with Crippen LogP contribution in [0.15, 0.2) is 18.2 Å². The standard InChI is InChI=1S/C15H21FN2O5/c1-8(22-11-7-9(16)5-6-10(11)17)12(13(19)20)18-14(21)23-15(2,3)4/h5-8,12H,17H2,1-4H3,(H,18,21)(H,19,20)/t8-,12+/m0/s1. The average molecular weight is 328 g/mol. The molecule has 23 heavy (non-hydrogen) atoms. The van der Waals surface area contributed by atoms with E-state index in [2.05, 4.69) is 5.32 Å². The number of anilines is 1. The van der Waals surface area contributed by atoms with Crippen LogP contribution in [0.2, 0.25) is 0 Å². The highest BCUT2D eigenvalue weighted by Gasteiger charge is 2.30. The number of carboxylic acid groups (broad SMARTS) is 1. The van der Waals surface area contributed by atoms with E-state index in [0.717, 1.165) is 12.1 Å². The fourth-order valence-electron chi connectivity index (χ4n) is 1.69. The van der Waals surface area contributed by atoms with E-state index < -0.39 is 35.6 Å². The Hall–Kier alpha value is -2.51. The van der Waals surface area contributed by atoms with Crippen molar-refractivity contribution in [2.24, 2.45) is 0 Å². The molecule has 0 aromatic heterocycles. The van der Waals surface area contributed by atoms with Crippen LogP contribution in [-0.2, 0) is 9.53 Å². The van der Waals surface area contributed by atoms with Gasteiger partial charge >= 0.3 is 12.1 Å². The Balaban J connectivity index is 2.82. The zero-order chi connectivity index (χ0) is 17.8. The minimum absolute atomic E-state index is 0.00487. The number of nitrogens with two attached hydrogens (primary N) is 1. The Morgan fingerprint density at radius 3 is 2.48 bits per heavy atom. The Morgan fingerprint density at radius 2 is 1.96 bits per heavy atom. The highest BCUT2D eigenvalue weighted by atomic mass is 19.1. The summed E-state index contributed by atoms with van der Waals surface area (Å²) in [5, 5.41) is 11.4. The summed E-state index contributed by atoms with van der Waals surface area (Å²) in [6.07, 6.45) is -1.91. The van der Waals surface area contributed by atoms with Crippen molar-refractivity contribution >= 4 is 17.7 Å². The summed E-state index contributed by atoms with van der Waals surface area (Å²) >= 11 is 0. The van der Waals surface area contributed by atoms with E-state index in [-0.39, 0.29) is 11.4 Å². The number of benzene rings is 1. The van der Waals surface area contributed by atoms with Gasteiger partial charge in [-0.15, -0.1) is 0 Å². The van der Waals surface area contributed by atoms with Gasteiger partial charge in [-0.05, 0) is 39.8 Å². The molecule has 0 bridgehead atoms. The number of hydrogen-bond acceptors (Lipinski definition) is 5. The number of ether oxygens (including phenoxy) is 2. The van der Waals surface area contributed by atoms with Crippen LogP contribution in [0.1, 0.15) is 27.7 Å². The number of hydrogen-bond donors (Lipinski definition) is 3. The van der Waals surface area contributed by atoms with E-state index in [1.807, 2.05) is 0 Å². The molecule has 0 unspecified atom stereocenters. The molecule has 1 aromatic rings. The van der Waals surface area contributed by atoms with E-state index in [9.17, 15) is 19.1 Å². The number of rotatable bonds is 5. The summed E-state index contributed by atoms with van der Waals surface area (Å²) in [5.74, 6) is -1.90. The second kappa shape index (κ2) is 7.17. The van der Waals surface area contributed by atoms with Gasteiger partial charge in [-0.25, -0.2) is 14.0 Å². The largest absolute Gasteiger partial charge is 0.486 e. The minimum Gasteiger partial charge on any atom is -0.486 e. The third-order valence-electron chi connectivity index (χ3n) is 2.70. The maximum Gasteiger partial charge on any atom is 0.408 e. The number of alkyl carbamates (subject to hydrolysis) is 1. The minimum atomic E-state index is -1.40. The van der Waals surface area contributed by atoms with Crippen LogP contribution in [0, 0.1) is 5.82 Å². The molecule has 0 saturated carbocycles. The Bertz CT molecular complexity index is 586. The summed E-state index contributed by atoms with van der Waals surface area (Å²) in [4.78, 5) is 23.0. The maximum atomic E-state index is 13.2. The van der Waals surface area contributed by atoms with Gasteiger partial charge in [-0.2, -0.15) is 0 Å². The topological polar surface area (TPSA) is 111 Å². The summed E-state index contributed by atoms with van der Waals surface area (Å²) in [6.45, 7) is 6.36. The molecule has 8 heteroatoms. The van der Waals surface area contributed by atoms with Gasteiger partial charge in [0.25, 0.3) is 0 Å². The lowest BCUT2D eigenvalue weighted by Gasteiger charge is -2.25. The summed E-state index contributed by atoms with van der Waals surface area (Å²) in [7, 11) is 0. The zero-order valence-electron chi connectivity index (χ0n) is 13.4. The van der Waals surface area contributed by atoms with Crippen LogP contribution in [-0.4, -0.2) is 34.9 Å². The van der Waals surface area contributed by atoms with Gasteiger partial charge in [0.05, 0.1) is 5.69 Å². The average Bonchev–Trinajstić information content (AvgIpc) is 2.37. The lowest BCUT2D eigenvalue weighted by Crippen LogP contribution is -2.51. The molecule has 0 radical (unpaired) electrons.